The number of para-hydroxylation sites is 1. The SMILES string of the molecule is CC(C)CC(CCO)CNC(=O)/C=C/c1ccc2ccccc2n1. The molecular formula is C20H26N2O2. The molecule has 4 heteroatoms. The van der Waals surface area contributed by atoms with E-state index in [9.17, 15) is 4.79 Å². The van der Waals surface area contributed by atoms with Gasteiger partial charge in [0.15, 0.2) is 0 Å². The minimum Gasteiger partial charge on any atom is -0.396 e. The second-order valence-corrected chi connectivity index (χ2v) is 6.52. The van der Waals surface area contributed by atoms with Crippen LogP contribution in [0.4, 0.5) is 0 Å². The summed E-state index contributed by atoms with van der Waals surface area (Å²) in [7, 11) is 0. The standard InChI is InChI=1S/C20H26N2O2/c1-15(2)13-16(11-12-23)14-21-20(24)10-9-18-8-7-17-5-3-4-6-19(17)22-18/h3-10,15-16,23H,11-14H2,1-2H3,(H,21,24)/b10-9+. The normalized spacial score (nSPS) is 12.8. The van der Waals surface area contributed by atoms with Crippen molar-refractivity contribution in [3.05, 3.63) is 48.2 Å². The number of amides is 1. The third kappa shape index (κ3) is 5.78. The smallest absolute Gasteiger partial charge is 0.244 e. The fourth-order valence-corrected chi connectivity index (χ4v) is 2.79. The molecule has 24 heavy (non-hydrogen) atoms. The summed E-state index contributed by atoms with van der Waals surface area (Å²) in [6.07, 6.45) is 4.96. The van der Waals surface area contributed by atoms with Gasteiger partial charge in [-0.25, -0.2) is 4.98 Å². The van der Waals surface area contributed by atoms with Crippen molar-refractivity contribution in [1.29, 1.82) is 0 Å². The van der Waals surface area contributed by atoms with Crippen LogP contribution in [0, 0.1) is 11.8 Å². The van der Waals surface area contributed by atoms with Gasteiger partial charge in [-0.15, -0.1) is 0 Å². The molecule has 0 saturated carbocycles. The van der Waals surface area contributed by atoms with Gasteiger partial charge in [-0.2, -0.15) is 0 Å². The molecular weight excluding hydrogens is 300 g/mol. The summed E-state index contributed by atoms with van der Waals surface area (Å²) < 4.78 is 0. The zero-order valence-electron chi connectivity index (χ0n) is 14.4. The highest BCUT2D eigenvalue weighted by molar-refractivity contribution is 5.91. The molecule has 0 aliphatic heterocycles. The number of aromatic nitrogens is 1. The molecule has 1 heterocycles. The molecule has 1 unspecified atom stereocenters. The zero-order chi connectivity index (χ0) is 17.4. The Bertz CT molecular complexity index is 695. The molecule has 2 aromatic rings. The fourth-order valence-electron chi connectivity index (χ4n) is 2.79. The zero-order valence-corrected chi connectivity index (χ0v) is 14.4. The van der Waals surface area contributed by atoms with Crippen LogP contribution in [0.15, 0.2) is 42.5 Å². The average molecular weight is 326 g/mol. The first-order valence-electron chi connectivity index (χ1n) is 8.51. The van der Waals surface area contributed by atoms with E-state index in [0.717, 1.165) is 23.0 Å². The summed E-state index contributed by atoms with van der Waals surface area (Å²) in [5, 5.41) is 13.1. The topological polar surface area (TPSA) is 62.2 Å². The molecule has 0 spiro atoms. The van der Waals surface area contributed by atoms with Crippen molar-refractivity contribution in [1.82, 2.24) is 10.3 Å². The van der Waals surface area contributed by atoms with Gasteiger partial charge < -0.3 is 10.4 Å². The van der Waals surface area contributed by atoms with Gasteiger partial charge in [0.1, 0.15) is 0 Å². The Balaban J connectivity index is 1.91. The molecule has 0 saturated heterocycles. The van der Waals surface area contributed by atoms with Gasteiger partial charge in [0, 0.05) is 24.6 Å². The highest BCUT2D eigenvalue weighted by atomic mass is 16.3. The molecule has 2 N–H and O–H groups in total. The molecule has 1 aromatic carbocycles. The highest BCUT2D eigenvalue weighted by Crippen LogP contribution is 2.14. The van der Waals surface area contributed by atoms with Gasteiger partial charge in [-0.1, -0.05) is 38.1 Å². The van der Waals surface area contributed by atoms with E-state index >= 15 is 0 Å². The number of nitrogens with zero attached hydrogens (tertiary/aromatic N) is 1. The molecule has 0 aliphatic carbocycles. The second-order valence-electron chi connectivity index (χ2n) is 6.52. The van der Waals surface area contributed by atoms with Crippen LogP contribution in [0.2, 0.25) is 0 Å². The molecule has 128 valence electrons. The Morgan fingerprint density at radius 3 is 2.79 bits per heavy atom. The quantitative estimate of drug-likeness (QED) is 0.731. The summed E-state index contributed by atoms with van der Waals surface area (Å²) >= 11 is 0. The first-order valence-corrected chi connectivity index (χ1v) is 8.51. The number of hydrogen-bond acceptors (Lipinski definition) is 3. The van der Waals surface area contributed by atoms with E-state index in [-0.39, 0.29) is 12.5 Å². The van der Waals surface area contributed by atoms with E-state index in [1.54, 1.807) is 6.08 Å². The lowest BCUT2D eigenvalue weighted by Crippen LogP contribution is -2.29. The van der Waals surface area contributed by atoms with Crippen LogP contribution < -0.4 is 5.32 Å². The number of nitrogens with one attached hydrogen (secondary N) is 1. The van der Waals surface area contributed by atoms with Crippen molar-refractivity contribution in [2.24, 2.45) is 11.8 Å². The summed E-state index contributed by atoms with van der Waals surface area (Å²) in [5.41, 5.74) is 1.68. The van der Waals surface area contributed by atoms with Crippen LogP contribution in [0.1, 0.15) is 32.4 Å². The van der Waals surface area contributed by atoms with E-state index in [0.29, 0.717) is 24.8 Å². The first-order chi connectivity index (χ1) is 11.6. The summed E-state index contributed by atoms with van der Waals surface area (Å²) in [5.74, 6) is 0.735. The predicted molar refractivity (Wildman–Crippen MR) is 98.4 cm³/mol. The molecule has 0 bridgehead atoms. The number of carbonyl (C=O) groups is 1. The van der Waals surface area contributed by atoms with Gasteiger partial charge in [-0.3, -0.25) is 4.79 Å². The Morgan fingerprint density at radius 2 is 2.04 bits per heavy atom. The van der Waals surface area contributed by atoms with Crippen molar-refractivity contribution < 1.29 is 9.90 Å². The van der Waals surface area contributed by atoms with E-state index < -0.39 is 0 Å². The number of pyridine rings is 1. The number of benzene rings is 1. The number of aliphatic hydroxyl groups is 1. The monoisotopic (exact) mass is 326 g/mol. The molecule has 1 aromatic heterocycles. The minimum atomic E-state index is -0.128. The van der Waals surface area contributed by atoms with Gasteiger partial charge in [0.05, 0.1) is 11.2 Å². The Kier molecular flexibility index (Phi) is 6.94. The summed E-state index contributed by atoms with van der Waals surface area (Å²) in [6.45, 7) is 5.05. The lowest BCUT2D eigenvalue weighted by molar-refractivity contribution is -0.116. The number of aliphatic hydroxyl groups excluding tert-OH is 1. The summed E-state index contributed by atoms with van der Waals surface area (Å²) in [4.78, 5) is 16.5. The molecule has 1 atom stereocenters. The Hall–Kier alpha value is -2.20. The average Bonchev–Trinajstić information content (AvgIpc) is 2.57. The Labute approximate surface area is 143 Å². The first kappa shape index (κ1) is 18.1. The second kappa shape index (κ2) is 9.18. The number of carbonyl (C=O) groups excluding carboxylic acids is 1. The summed E-state index contributed by atoms with van der Waals surface area (Å²) in [6, 6.07) is 11.8. The third-order valence-corrected chi connectivity index (χ3v) is 3.93. The van der Waals surface area contributed by atoms with E-state index in [1.165, 1.54) is 6.08 Å². The van der Waals surface area contributed by atoms with Crippen LogP contribution >= 0.6 is 0 Å². The van der Waals surface area contributed by atoms with E-state index in [4.69, 9.17) is 5.11 Å². The van der Waals surface area contributed by atoms with Crippen LogP contribution in [-0.2, 0) is 4.79 Å². The lowest BCUT2D eigenvalue weighted by Gasteiger charge is -2.18. The van der Waals surface area contributed by atoms with Crippen LogP contribution in [0.5, 0.6) is 0 Å². The third-order valence-electron chi connectivity index (χ3n) is 3.93. The molecule has 0 radical (unpaired) electrons. The van der Waals surface area contributed by atoms with Crippen molar-refractivity contribution in [2.75, 3.05) is 13.2 Å². The van der Waals surface area contributed by atoms with Crippen molar-refractivity contribution in [3.8, 4) is 0 Å². The maximum Gasteiger partial charge on any atom is 0.244 e. The largest absolute Gasteiger partial charge is 0.396 e. The molecule has 0 aliphatic rings. The maximum atomic E-state index is 12.0. The van der Waals surface area contributed by atoms with Gasteiger partial charge >= 0.3 is 0 Å². The molecule has 2 rings (SSSR count). The van der Waals surface area contributed by atoms with Gasteiger partial charge in [-0.05, 0) is 42.9 Å². The number of rotatable bonds is 8. The van der Waals surface area contributed by atoms with Crippen LogP contribution in [0.25, 0.3) is 17.0 Å². The highest BCUT2D eigenvalue weighted by Gasteiger charge is 2.11. The van der Waals surface area contributed by atoms with Crippen molar-refractivity contribution in [3.63, 3.8) is 0 Å². The Morgan fingerprint density at radius 1 is 1.25 bits per heavy atom. The lowest BCUT2D eigenvalue weighted by atomic mass is 9.94. The van der Waals surface area contributed by atoms with Gasteiger partial charge in [0.2, 0.25) is 5.91 Å². The van der Waals surface area contributed by atoms with Gasteiger partial charge in [0.25, 0.3) is 0 Å². The fraction of sp³-hybridized carbons (Fsp3) is 0.400. The van der Waals surface area contributed by atoms with Crippen LogP contribution in [-0.4, -0.2) is 29.1 Å². The molecule has 4 nitrogen and oxygen atoms in total. The molecule has 0 fully saturated rings. The van der Waals surface area contributed by atoms with E-state index in [1.807, 2.05) is 36.4 Å². The van der Waals surface area contributed by atoms with Crippen molar-refractivity contribution >= 4 is 22.9 Å². The van der Waals surface area contributed by atoms with Crippen LogP contribution in [0.3, 0.4) is 0 Å². The number of hydrogen-bond donors (Lipinski definition) is 2. The molecule has 1 amide bonds. The maximum absolute atomic E-state index is 12.0. The predicted octanol–water partition coefficient (Wildman–Crippen LogP) is 3.41. The van der Waals surface area contributed by atoms with Crippen molar-refractivity contribution in [2.45, 2.75) is 26.7 Å². The number of fused-ring (bicyclic) bond motifs is 1. The van der Waals surface area contributed by atoms with E-state index in [2.05, 4.69) is 24.1 Å². The minimum absolute atomic E-state index is 0.128.